The molecule has 2 aliphatic rings. The summed E-state index contributed by atoms with van der Waals surface area (Å²) in [5.74, 6) is -0.408. The lowest BCUT2D eigenvalue weighted by Gasteiger charge is -2.43. The minimum atomic E-state index is -0.866. The number of aryl methyl sites for hydroxylation is 1. The molecule has 0 bridgehead atoms. The van der Waals surface area contributed by atoms with Crippen LogP contribution in [0.5, 0.6) is 5.75 Å². The number of amides is 1. The zero-order valence-electron chi connectivity index (χ0n) is 16.8. The summed E-state index contributed by atoms with van der Waals surface area (Å²) in [5, 5.41) is 9.39. The van der Waals surface area contributed by atoms with Gasteiger partial charge in [-0.25, -0.2) is 9.37 Å². The van der Waals surface area contributed by atoms with Gasteiger partial charge in [0.2, 0.25) is 0 Å². The van der Waals surface area contributed by atoms with E-state index in [0.29, 0.717) is 36.2 Å². The van der Waals surface area contributed by atoms with E-state index in [4.69, 9.17) is 17.0 Å². The highest BCUT2D eigenvalue weighted by atomic mass is 32.1. The van der Waals surface area contributed by atoms with Gasteiger partial charge < -0.3 is 14.4 Å². The third kappa shape index (κ3) is 3.24. The molecule has 31 heavy (non-hydrogen) atoms. The molecule has 1 aliphatic heterocycles. The van der Waals surface area contributed by atoms with E-state index < -0.39 is 11.4 Å². The van der Waals surface area contributed by atoms with Crippen molar-refractivity contribution in [3.63, 3.8) is 0 Å². The Bertz CT molecular complexity index is 1130. The zero-order valence-corrected chi connectivity index (χ0v) is 17.6. The summed E-state index contributed by atoms with van der Waals surface area (Å²) in [7, 11) is 1.42. The number of thiocarbonyl (C=S) groups is 1. The van der Waals surface area contributed by atoms with Crippen LogP contribution in [0, 0.1) is 17.1 Å². The minimum Gasteiger partial charge on any atom is -0.494 e. The van der Waals surface area contributed by atoms with E-state index in [0.717, 1.165) is 12.7 Å². The molecule has 0 radical (unpaired) electrons. The number of aldehydes is 1. The molecule has 1 spiro atoms. The van der Waals surface area contributed by atoms with Gasteiger partial charge in [-0.05, 0) is 55.6 Å². The summed E-state index contributed by atoms with van der Waals surface area (Å²) < 4.78 is 19.9. The Balaban J connectivity index is 1.74. The standard InChI is InChI=1S/C22H19FN4O3S/c1-30-19-11-16(13-25-18(19)12-24)26-20(29)22(7-3-8-22)27(21(26)31)15-6-5-14(4-2-9-28)17(23)10-15/h5-6,9-11,13H,2-4,7-8H2,1H3. The van der Waals surface area contributed by atoms with Crippen LogP contribution in [0.4, 0.5) is 15.8 Å². The van der Waals surface area contributed by atoms with Crippen LogP contribution in [0.1, 0.15) is 36.9 Å². The molecule has 7 nitrogen and oxygen atoms in total. The molecule has 0 N–H and O–H groups in total. The van der Waals surface area contributed by atoms with Crippen LogP contribution in [-0.2, 0) is 16.0 Å². The maximum atomic E-state index is 14.7. The Kier molecular flexibility index (Phi) is 5.41. The summed E-state index contributed by atoms with van der Waals surface area (Å²) >= 11 is 5.67. The number of nitrogens with zero attached hydrogens (tertiary/aromatic N) is 4. The number of benzene rings is 1. The van der Waals surface area contributed by atoms with Crippen molar-refractivity contribution in [3.8, 4) is 11.8 Å². The van der Waals surface area contributed by atoms with Crippen LogP contribution in [0.2, 0.25) is 0 Å². The third-order valence-electron chi connectivity index (χ3n) is 5.84. The molecule has 0 unspecified atom stereocenters. The Morgan fingerprint density at radius 1 is 1.35 bits per heavy atom. The van der Waals surface area contributed by atoms with E-state index in [1.807, 2.05) is 6.07 Å². The van der Waals surface area contributed by atoms with Crippen LogP contribution in [0.15, 0.2) is 30.5 Å². The number of methoxy groups -OCH3 is 1. The topological polar surface area (TPSA) is 86.5 Å². The number of ether oxygens (including phenoxy) is 1. The van der Waals surface area contributed by atoms with Crippen molar-refractivity contribution in [2.45, 2.75) is 37.6 Å². The largest absolute Gasteiger partial charge is 0.494 e. The van der Waals surface area contributed by atoms with Gasteiger partial charge in [0.05, 0.1) is 19.0 Å². The quantitative estimate of drug-likeness (QED) is 0.505. The van der Waals surface area contributed by atoms with Gasteiger partial charge in [0, 0.05) is 18.2 Å². The minimum absolute atomic E-state index is 0.104. The van der Waals surface area contributed by atoms with Crippen molar-refractivity contribution in [3.05, 3.63) is 47.5 Å². The summed E-state index contributed by atoms with van der Waals surface area (Å²) in [6, 6.07) is 8.21. The molecule has 158 valence electrons. The zero-order chi connectivity index (χ0) is 22.2. The summed E-state index contributed by atoms with van der Waals surface area (Å²) in [4.78, 5) is 31.3. The number of carbonyl (C=O) groups is 2. The smallest absolute Gasteiger partial charge is 0.259 e. The monoisotopic (exact) mass is 438 g/mol. The van der Waals surface area contributed by atoms with Crippen molar-refractivity contribution in [2.24, 2.45) is 0 Å². The molecule has 1 aromatic heterocycles. The number of halogens is 1. The number of anilines is 2. The maximum absolute atomic E-state index is 14.7. The van der Waals surface area contributed by atoms with Gasteiger partial charge in [-0.1, -0.05) is 6.07 Å². The van der Waals surface area contributed by atoms with Crippen LogP contribution >= 0.6 is 12.2 Å². The lowest BCUT2D eigenvalue weighted by Crippen LogP contribution is -2.55. The number of hydrogen-bond donors (Lipinski definition) is 0. The highest BCUT2D eigenvalue weighted by molar-refractivity contribution is 7.81. The predicted octanol–water partition coefficient (Wildman–Crippen LogP) is 3.29. The molecule has 1 saturated heterocycles. The first kappa shape index (κ1) is 20.9. The Labute approximate surface area is 184 Å². The van der Waals surface area contributed by atoms with E-state index in [1.165, 1.54) is 24.3 Å². The van der Waals surface area contributed by atoms with Crippen LogP contribution in [-0.4, -0.2) is 34.9 Å². The van der Waals surface area contributed by atoms with Crippen molar-refractivity contribution < 1.29 is 18.7 Å². The van der Waals surface area contributed by atoms with Crippen LogP contribution < -0.4 is 14.5 Å². The fraction of sp³-hybridized carbons (Fsp3) is 0.318. The third-order valence-corrected chi connectivity index (χ3v) is 6.21. The second-order valence-electron chi connectivity index (χ2n) is 7.48. The molecule has 9 heteroatoms. The number of aromatic nitrogens is 1. The average Bonchev–Trinajstić information content (AvgIpc) is 2.99. The number of nitriles is 1. The number of carbonyl (C=O) groups excluding carboxylic acids is 2. The van der Waals surface area contributed by atoms with Crippen LogP contribution in [0.3, 0.4) is 0 Å². The van der Waals surface area contributed by atoms with Gasteiger partial charge in [-0.3, -0.25) is 9.69 Å². The van der Waals surface area contributed by atoms with Gasteiger partial charge in [-0.2, -0.15) is 5.26 Å². The van der Waals surface area contributed by atoms with Gasteiger partial charge >= 0.3 is 0 Å². The number of rotatable bonds is 6. The van der Waals surface area contributed by atoms with Gasteiger partial charge in [0.15, 0.2) is 16.6 Å². The van der Waals surface area contributed by atoms with Gasteiger partial charge in [0.1, 0.15) is 23.7 Å². The van der Waals surface area contributed by atoms with E-state index >= 15 is 0 Å². The molecule has 2 aromatic rings. The molecule has 2 heterocycles. The Hall–Kier alpha value is -3.38. The molecular formula is C22H19FN4O3S. The van der Waals surface area contributed by atoms with E-state index in [-0.39, 0.29) is 28.9 Å². The lowest BCUT2D eigenvalue weighted by atomic mass is 9.75. The first-order valence-electron chi connectivity index (χ1n) is 9.82. The van der Waals surface area contributed by atoms with Gasteiger partial charge in [0.25, 0.3) is 5.91 Å². The maximum Gasteiger partial charge on any atom is 0.259 e. The normalized spacial score (nSPS) is 16.9. The fourth-order valence-electron chi connectivity index (χ4n) is 4.10. The SMILES string of the molecule is COc1cc(N2C(=O)C3(CCC3)N(c3ccc(CCC=O)c(F)c3)C2=S)cnc1C#N. The summed E-state index contributed by atoms with van der Waals surface area (Å²) in [5.41, 5.74) is 0.554. The van der Waals surface area contributed by atoms with E-state index in [9.17, 15) is 19.2 Å². The lowest BCUT2D eigenvalue weighted by molar-refractivity contribution is -0.123. The molecule has 2 fully saturated rings. The molecule has 0 atom stereocenters. The second-order valence-corrected chi connectivity index (χ2v) is 7.85. The van der Waals surface area contributed by atoms with Crippen molar-refractivity contribution in [1.82, 2.24) is 4.98 Å². The number of pyridine rings is 1. The molecule has 1 saturated carbocycles. The molecule has 1 aliphatic carbocycles. The van der Waals surface area contributed by atoms with E-state index in [1.54, 1.807) is 23.1 Å². The highest BCUT2D eigenvalue weighted by Crippen LogP contribution is 2.48. The molecule has 4 rings (SSSR count). The second kappa shape index (κ2) is 8.04. The summed E-state index contributed by atoms with van der Waals surface area (Å²) in [6.45, 7) is 0. The first-order chi connectivity index (χ1) is 15.0. The highest BCUT2D eigenvalue weighted by Gasteiger charge is 2.59. The number of hydrogen-bond acceptors (Lipinski definition) is 6. The Morgan fingerprint density at radius 3 is 2.71 bits per heavy atom. The Morgan fingerprint density at radius 2 is 2.13 bits per heavy atom. The van der Waals surface area contributed by atoms with Crippen LogP contribution in [0.25, 0.3) is 0 Å². The molecule has 1 amide bonds. The first-order valence-corrected chi connectivity index (χ1v) is 10.2. The van der Waals surface area contributed by atoms with Crippen molar-refractivity contribution >= 4 is 40.9 Å². The molecule has 1 aromatic carbocycles. The average molecular weight is 438 g/mol. The fourth-order valence-corrected chi connectivity index (χ4v) is 4.57. The van der Waals surface area contributed by atoms with Crippen molar-refractivity contribution in [1.29, 1.82) is 5.26 Å². The van der Waals surface area contributed by atoms with Crippen molar-refractivity contribution in [2.75, 3.05) is 16.9 Å². The molecular weight excluding hydrogens is 419 g/mol. The summed E-state index contributed by atoms with van der Waals surface area (Å²) in [6.07, 6.45) is 4.76. The predicted molar refractivity (Wildman–Crippen MR) is 115 cm³/mol. The van der Waals surface area contributed by atoms with E-state index in [2.05, 4.69) is 4.98 Å². The van der Waals surface area contributed by atoms with Gasteiger partial charge in [-0.15, -0.1) is 0 Å².